The third-order valence-electron chi connectivity index (χ3n) is 4.83. The quantitative estimate of drug-likeness (QED) is 0.458. The van der Waals surface area contributed by atoms with Crippen molar-refractivity contribution in [2.45, 2.75) is 0 Å². The van der Waals surface area contributed by atoms with E-state index in [1.165, 1.54) is 0 Å². The molecule has 0 saturated heterocycles. The molecule has 5 aromatic heterocycles. The SMILES string of the molecule is O=c1[nH]c2ccnn2c2ccc(-c3cc4[nH]c(=O)c5cccnc5n4n3)cc12. The van der Waals surface area contributed by atoms with E-state index < -0.39 is 0 Å². The summed E-state index contributed by atoms with van der Waals surface area (Å²) in [6, 6.07) is 12.4. The van der Waals surface area contributed by atoms with Gasteiger partial charge in [0, 0.05) is 23.9 Å². The van der Waals surface area contributed by atoms with Crippen LogP contribution in [0.2, 0.25) is 0 Å². The molecule has 134 valence electrons. The molecular weight excluding hydrogens is 358 g/mol. The second-order valence-corrected chi connectivity index (χ2v) is 6.47. The molecule has 9 nitrogen and oxygen atoms in total. The molecule has 6 rings (SSSR count). The molecular formula is C19H11N7O2. The van der Waals surface area contributed by atoms with Gasteiger partial charge in [0.25, 0.3) is 11.1 Å². The Kier molecular flexibility index (Phi) is 2.72. The fourth-order valence-electron chi connectivity index (χ4n) is 3.53. The molecule has 5 heterocycles. The van der Waals surface area contributed by atoms with Gasteiger partial charge in [-0.3, -0.25) is 9.59 Å². The van der Waals surface area contributed by atoms with Gasteiger partial charge in [-0.2, -0.15) is 14.7 Å². The standard InChI is InChI=1S/C19H11N7O2/c27-18-11-2-1-6-20-17(11)26-16(23-18)9-13(24-26)10-3-4-14-12(8-10)19(28)22-15-5-7-21-25(14)15/h1-9H,(H,22,28)(H,23,27). The first-order valence-corrected chi connectivity index (χ1v) is 8.56. The zero-order chi connectivity index (χ0) is 18.8. The molecule has 0 atom stereocenters. The summed E-state index contributed by atoms with van der Waals surface area (Å²) < 4.78 is 3.27. The van der Waals surface area contributed by atoms with E-state index in [9.17, 15) is 9.59 Å². The molecule has 0 radical (unpaired) electrons. The van der Waals surface area contributed by atoms with Crippen molar-refractivity contribution in [1.29, 1.82) is 0 Å². The highest BCUT2D eigenvalue weighted by atomic mass is 16.1. The molecule has 0 aliphatic carbocycles. The topological polar surface area (TPSA) is 113 Å². The number of H-pyrrole nitrogens is 2. The Bertz CT molecular complexity index is 1670. The lowest BCUT2D eigenvalue weighted by atomic mass is 10.1. The number of hydrogen-bond donors (Lipinski definition) is 2. The highest BCUT2D eigenvalue weighted by Gasteiger charge is 2.13. The molecule has 28 heavy (non-hydrogen) atoms. The minimum Gasteiger partial charge on any atom is -0.306 e. The fraction of sp³-hybridized carbons (Fsp3) is 0. The number of hydrogen-bond acceptors (Lipinski definition) is 5. The molecule has 0 bridgehead atoms. The monoisotopic (exact) mass is 369 g/mol. The van der Waals surface area contributed by atoms with Gasteiger partial charge in [-0.05, 0) is 24.3 Å². The van der Waals surface area contributed by atoms with Gasteiger partial charge in [-0.15, -0.1) is 0 Å². The van der Waals surface area contributed by atoms with E-state index in [1.54, 1.807) is 51.8 Å². The molecule has 6 aromatic rings. The smallest absolute Gasteiger partial charge is 0.260 e. The first-order chi connectivity index (χ1) is 13.7. The van der Waals surface area contributed by atoms with Crippen LogP contribution >= 0.6 is 0 Å². The summed E-state index contributed by atoms with van der Waals surface area (Å²) >= 11 is 0. The van der Waals surface area contributed by atoms with Gasteiger partial charge in [0.15, 0.2) is 5.65 Å². The maximum Gasteiger partial charge on any atom is 0.260 e. The summed E-state index contributed by atoms with van der Waals surface area (Å²) in [5.74, 6) is 0. The van der Waals surface area contributed by atoms with Gasteiger partial charge in [0.1, 0.15) is 11.3 Å². The average Bonchev–Trinajstić information content (AvgIpc) is 3.35. The van der Waals surface area contributed by atoms with Crippen LogP contribution in [0.15, 0.2) is 64.4 Å². The van der Waals surface area contributed by atoms with Crippen LogP contribution in [0.5, 0.6) is 0 Å². The molecule has 0 spiro atoms. The van der Waals surface area contributed by atoms with Crippen LogP contribution in [0.3, 0.4) is 0 Å². The van der Waals surface area contributed by atoms with Crippen molar-refractivity contribution in [2.24, 2.45) is 0 Å². The Hall–Kier alpha value is -4.27. The van der Waals surface area contributed by atoms with Crippen molar-refractivity contribution in [2.75, 3.05) is 0 Å². The predicted octanol–water partition coefficient (Wildman–Crippen LogP) is 1.73. The summed E-state index contributed by atoms with van der Waals surface area (Å²) in [7, 11) is 0. The van der Waals surface area contributed by atoms with Crippen LogP contribution in [0, 0.1) is 0 Å². The Morgan fingerprint density at radius 2 is 1.68 bits per heavy atom. The molecule has 0 fully saturated rings. The van der Waals surface area contributed by atoms with Crippen molar-refractivity contribution in [3.05, 3.63) is 75.6 Å². The van der Waals surface area contributed by atoms with Crippen molar-refractivity contribution in [1.82, 2.24) is 34.2 Å². The highest BCUT2D eigenvalue weighted by Crippen LogP contribution is 2.23. The van der Waals surface area contributed by atoms with Crippen molar-refractivity contribution < 1.29 is 0 Å². The lowest BCUT2D eigenvalue weighted by molar-refractivity contribution is 0.960. The second kappa shape index (κ2) is 5.13. The van der Waals surface area contributed by atoms with Crippen LogP contribution in [-0.2, 0) is 0 Å². The van der Waals surface area contributed by atoms with E-state index in [4.69, 9.17) is 0 Å². The summed E-state index contributed by atoms with van der Waals surface area (Å²) in [5.41, 5.74) is 3.29. The van der Waals surface area contributed by atoms with Crippen LogP contribution in [0.4, 0.5) is 0 Å². The molecule has 9 heteroatoms. The minimum absolute atomic E-state index is 0.200. The highest BCUT2D eigenvalue weighted by molar-refractivity contribution is 5.85. The normalized spacial score (nSPS) is 11.9. The number of pyridine rings is 1. The minimum atomic E-state index is -0.224. The van der Waals surface area contributed by atoms with E-state index in [1.807, 2.05) is 12.1 Å². The molecule has 0 aliphatic heterocycles. The van der Waals surface area contributed by atoms with Crippen LogP contribution in [0.25, 0.3) is 44.5 Å². The van der Waals surface area contributed by atoms with E-state index in [0.717, 1.165) is 5.56 Å². The summed E-state index contributed by atoms with van der Waals surface area (Å²) in [6.07, 6.45) is 3.25. The zero-order valence-electron chi connectivity index (χ0n) is 14.2. The number of nitrogens with zero attached hydrogens (tertiary/aromatic N) is 5. The zero-order valence-corrected chi connectivity index (χ0v) is 14.2. The third-order valence-corrected chi connectivity index (χ3v) is 4.83. The molecule has 2 N–H and O–H groups in total. The van der Waals surface area contributed by atoms with Crippen LogP contribution in [-0.4, -0.2) is 34.2 Å². The van der Waals surface area contributed by atoms with Crippen LogP contribution in [0.1, 0.15) is 0 Å². The summed E-state index contributed by atoms with van der Waals surface area (Å²) in [6.45, 7) is 0. The fourth-order valence-corrected chi connectivity index (χ4v) is 3.53. The van der Waals surface area contributed by atoms with Crippen molar-refractivity contribution in [3.63, 3.8) is 0 Å². The average molecular weight is 369 g/mol. The Morgan fingerprint density at radius 1 is 0.821 bits per heavy atom. The molecule has 0 unspecified atom stereocenters. The van der Waals surface area contributed by atoms with Gasteiger partial charge in [-0.1, -0.05) is 6.07 Å². The van der Waals surface area contributed by atoms with Gasteiger partial charge >= 0.3 is 0 Å². The Morgan fingerprint density at radius 3 is 2.61 bits per heavy atom. The van der Waals surface area contributed by atoms with Crippen molar-refractivity contribution >= 4 is 33.2 Å². The third kappa shape index (κ3) is 1.92. The Balaban J connectivity index is 1.64. The maximum atomic E-state index is 12.5. The number of aromatic nitrogens is 7. The lowest BCUT2D eigenvalue weighted by Gasteiger charge is -2.03. The first-order valence-electron chi connectivity index (χ1n) is 8.56. The van der Waals surface area contributed by atoms with Crippen LogP contribution < -0.4 is 11.1 Å². The van der Waals surface area contributed by atoms with Gasteiger partial charge in [0.2, 0.25) is 0 Å². The maximum absolute atomic E-state index is 12.5. The van der Waals surface area contributed by atoms with Crippen molar-refractivity contribution in [3.8, 4) is 11.3 Å². The largest absolute Gasteiger partial charge is 0.306 e. The molecule has 0 aliphatic rings. The second-order valence-electron chi connectivity index (χ2n) is 6.47. The Labute approximate surface area is 154 Å². The number of benzene rings is 1. The summed E-state index contributed by atoms with van der Waals surface area (Å²) in [5, 5.41) is 9.80. The van der Waals surface area contributed by atoms with Gasteiger partial charge < -0.3 is 9.97 Å². The number of fused-ring (bicyclic) bond motifs is 6. The van der Waals surface area contributed by atoms with E-state index in [0.29, 0.717) is 38.9 Å². The van der Waals surface area contributed by atoms with E-state index in [-0.39, 0.29) is 11.1 Å². The number of rotatable bonds is 1. The van der Waals surface area contributed by atoms with E-state index in [2.05, 4.69) is 25.1 Å². The van der Waals surface area contributed by atoms with E-state index >= 15 is 0 Å². The van der Waals surface area contributed by atoms with Gasteiger partial charge in [0.05, 0.1) is 28.2 Å². The van der Waals surface area contributed by atoms with Gasteiger partial charge in [-0.25, -0.2) is 9.50 Å². The lowest BCUT2D eigenvalue weighted by Crippen LogP contribution is -2.10. The number of nitrogens with one attached hydrogen (secondary N) is 2. The number of aromatic amines is 2. The predicted molar refractivity (Wildman–Crippen MR) is 103 cm³/mol. The molecule has 0 saturated carbocycles. The molecule has 0 amide bonds. The molecule has 1 aromatic carbocycles. The first kappa shape index (κ1) is 14.9. The summed E-state index contributed by atoms with van der Waals surface area (Å²) in [4.78, 5) is 34.7.